The van der Waals surface area contributed by atoms with Crippen LogP contribution in [0.3, 0.4) is 0 Å². The Morgan fingerprint density at radius 1 is 1.13 bits per heavy atom. The lowest BCUT2D eigenvalue weighted by atomic mass is 10.0. The Hall–Kier alpha value is -3.94. The Kier molecular flexibility index (Phi) is 5.30. The quantitative estimate of drug-likeness (QED) is 0.656. The van der Waals surface area contributed by atoms with E-state index in [-0.39, 0.29) is 6.54 Å². The summed E-state index contributed by atoms with van der Waals surface area (Å²) in [6, 6.07) is 15.7. The first-order valence-electron chi connectivity index (χ1n) is 9.36. The van der Waals surface area contributed by atoms with Crippen LogP contribution in [0.2, 0.25) is 0 Å². The number of carbonyl (C=O) groups excluding carboxylic acids is 3. The zero-order valence-corrected chi connectivity index (χ0v) is 16.3. The Bertz CT molecular complexity index is 1130. The largest absolute Gasteiger partial charge is 0.497 e. The molecule has 3 aromatic rings. The number of esters is 1. The van der Waals surface area contributed by atoms with Gasteiger partial charge in [0.05, 0.1) is 23.9 Å². The summed E-state index contributed by atoms with van der Waals surface area (Å²) in [6.45, 7) is 0.133. The maximum Gasteiger partial charge on any atom is 0.339 e. The topological polar surface area (TPSA) is 97.8 Å². The number of rotatable bonds is 5. The fraction of sp³-hybridized carbons (Fsp3) is 0.182. The van der Waals surface area contributed by atoms with E-state index in [1.54, 1.807) is 31.4 Å². The molecule has 0 unspecified atom stereocenters. The third-order valence-electron chi connectivity index (χ3n) is 4.81. The Morgan fingerprint density at radius 2 is 1.90 bits per heavy atom. The maximum atomic E-state index is 12.8. The van der Waals surface area contributed by atoms with Gasteiger partial charge >= 0.3 is 12.0 Å². The van der Waals surface area contributed by atoms with E-state index in [0.717, 1.165) is 10.5 Å². The minimum absolute atomic E-state index is 0.259. The summed E-state index contributed by atoms with van der Waals surface area (Å²) < 4.78 is 10.4. The number of pyridine rings is 1. The van der Waals surface area contributed by atoms with E-state index >= 15 is 0 Å². The second-order valence-electron chi connectivity index (χ2n) is 6.65. The summed E-state index contributed by atoms with van der Waals surface area (Å²) in [6.07, 6.45) is 0. The third-order valence-corrected chi connectivity index (χ3v) is 4.81. The molecule has 1 fully saturated rings. The Balaban J connectivity index is 1.62. The summed E-state index contributed by atoms with van der Waals surface area (Å²) in [5.74, 6) is -0.507. The number of hydrogen-bond donors (Lipinski definition) is 1. The monoisotopic (exact) mass is 405 g/mol. The molecule has 4 rings (SSSR count). The zero-order chi connectivity index (χ0) is 21.1. The molecule has 2 heterocycles. The van der Waals surface area contributed by atoms with Gasteiger partial charge in [0.2, 0.25) is 0 Å². The molecule has 0 bridgehead atoms. The van der Waals surface area contributed by atoms with Crippen LogP contribution in [0.1, 0.15) is 10.4 Å². The van der Waals surface area contributed by atoms with Crippen LogP contribution >= 0.6 is 0 Å². The van der Waals surface area contributed by atoms with E-state index in [4.69, 9.17) is 9.47 Å². The number of methoxy groups -OCH3 is 1. The molecule has 1 aliphatic heterocycles. The lowest BCUT2D eigenvalue weighted by Crippen LogP contribution is -2.37. The van der Waals surface area contributed by atoms with Crippen molar-refractivity contribution in [1.29, 1.82) is 0 Å². The van der Waals surface area contributed by atoms with Crippen LogP contribution in [-0.2, 0) is 9.53 Å². The molecule has 0 atom stereocenters. The molecule has 2 aromatic carbocycles. The molecule has 0 spiro atoms. The minimum Gasteiger partial charge on any atom is -0.497 e. The van der Waals surface area contributed by atoms with Crippen LogP contribution < -0.4 is 10.1 Å². The van der Waals surface area contributed by atoms with Crippen molar-refractivity contribution in [2.45, 2.75) is 0 Å². The number of para-hydroxylation sites is 1. The minimum atomic E-state index is -0.656. The molecule has 1 aromatic heterocycles. The zero-order valence-electron chi connectivity index (χ0n) is 16.3. The molecule has 30 heavy (non-hydrogen) atoms. The van der Waals surface area contributed by atoms with Gasteiger partial charge in [0, 0.05) is 24.0 Å². The highest BCUT2D eigenvalue weighted by Gasteiger charge is 2.27. The van der Waals surface area contributed by atoms with E-state index in [0.29, 0.717) is 34.5 Å². The molecular formula is C22H19N3O5. The Labute approximate surface area is 172 Å². The summed E-state index contributed by atoms with van der Waals surface area (Å²) in [5.41, 5.74) is 2.32. The molecule has 3 amide bonds. The van der Waals surface area contributed by atoms with Gasteiger partial charge in [-0.2, -0.15) is 0 Å². The van der Waals surface area contributed by atoms with Crippen LogP contribution in [0.15, 0.2) is 54.6 Å². The normalized spacial score (nSPS) is 13.2. The lowest BCUT2D eigenvalue weighted by Gasteiger charge is -2.13. The van der Waals surface area contributed by atoms with Crippen LogP contribution in [-0.4, -0.2) is 54.6 Å². The number of benzene rings is 2. The molecule has 0 saturated carbocycles. The molecule has 0 radical (unpaired) electrons. The number of urea groups is 1. The molecule has 152 valence electrons. The molecule has 1 N–H and O–H groups in total. The standard InChI is InChI=1S/C22H19N3O5/c1-29-15-8-6-14(7-9-15)19-12-17(16-4-2-3-5-18(16)24-19)21(27)30-13-20(26)25-11-10-23-22(25)28/h2-9,12H,10-11,13H2,1H3,(H,23,28). The van der Waals surface area contributed by atoms with E-state index in [1.807, 2.05) is 30.3 Å². The molecule has 0 aliphatic carbocycles. The predicted octanol–water partition coefficient (Wildman–Crippen LogP) is 2.62. The first-order valence-corrected chi connectivity index (χ1v) is 9.36. The third kappa shape index (κ3) is 3.80. The van der Waals surface area contributed by atoms with Crippen molar-refractivity contribution in [3.05, 3.63) is 60.2 Å². The lowest BCUT2D eigenvalue weighted by molar-refractivity contribution is -0.130. The molecular weight excluding hydrogens is 386 g/mol. The number of nitrogens with zero attached hydrogens (tertiary/aromatic N) is 2. The first-order chi connectivity index (χ1) is 14.6. The van der Waals surface area contributed by atoms with Crippen molar-refractivity contribution in [1.82, 2.24) is 15.2 Å². The maximum absolute atomic E-state index is 12.8. The smallest absolute Gasteiger partial charge is 0.339 e. The van der Waals surface area contributed by atoms with Gasteiger partial charge in [0.25, 0.3) is 5.91 Å². The SMILES string of the molecule is COc1ccc(-c2cc(C(=O)OCC(=O)N3CCNC3=O)c3ccccc3n2)cc1. The van der Waals surface area contributed by atoms with E-state index in [1.165, 1.54) is 0 Å². The Morgan fingerprint density at radius 3 is 2.60 bits per heavy atom. The van der Waals surface area contributed by atoms with Gasteiger partial charge in [-0.1, -0.05) is 18.2 Å². The van der Waals surface area contributed by atoms with E-state index in [9.17, 15) is 14.4 Å². The fourth-order valence-corrected chi connectivity index (χ4v) is 3.25. The van der Waals surface area contributed by atoms with Crippen LogP contribution in [0, 0.1) is 0 Å². The van der Waals surface area contributed by atoms with Crippen molar-refractivity contribution in [2.24, 2.45) is 0 Å². The van der Waals surface area contributed by atoms with Gasteiger partial charge in [-0.15, -0.1) is 0 Å². The van der Waals surface area contributed by atoms with Crippen LogP contribution in [0.25, 0.3) is 22.2 Å². The number of fused-ring (bicyclic) bond motifs is 1. The number of amides is 3. The fourth-order valence-electron chi connectivity index (χ4n) is 3.25. The number of hydrogen-bond acceptors (Lipinski definition) is 6. The molecule has 1 saturated heterocycles. The van der Waals surface area contributed by atoms with Gasteiger partial charge in [0.1, 0.15) is 5.75 Å². The van der Waals surface area contributed by atoms with Gasteiger partial charge in [-0.3, -0.25) is 9.69 Å². The van der Waals surface area contributed by atoms with Gasteiger partial charge in [-0.05, 0) is 36.4 Å². The average molecular weight is 405 g/mol. The highest BCUT2D eigenvalue weighted by molar-refractivity contribution is 6.05. The summed E-state index contributed by atoms with van der Waals surface area (Å²) in [5, 5.41) is 3.15. The number of ether oxygens (including phenoxy) is 2. The molecule has 8 nitrogen and oxygen atoms in total. The second-order valence-corrected chi connectivity index (χ2v) is 6.65. The molecule has 1 aliphatic rings. The summed E-state index contributed by atoms with van der Waals surface area (Å²) in [4.78, 5) is 42.2. The van der Waals surface area contributed by atoms with Crippen molar-refractivity contribution < 1.29 is 23.9 Å². The highest BCUT2D eigenvalue weighted by atomic mass is 16.5. The van der Waals surface area contributed by atoms with Gasteiger partial charge < -0.3 is 14.8 Å². The number of aromatic nitrogens is 1. The van der Waals surface area contributed by atoms with Crippen molar-refractivity contribution in [3.63, 3.8) is 0 Å². The predicted molar refractivity (Wildman–Crippen MR) is 109 cm³/mol. The number of imide groups is 1. The summed E-state index contributed by atoms with van der Waals surface area (Å²) in [7, 11) is 1.59. The van der Waals surface area contributed by atoms with Crippen LogP contribution in [0.5, 0.6) is 5.75 Å². The van der Waals surface area contributed by atoms with Crippen molar-refractivity contribution in [2.75, 3.05) is 26.8 Å². The average Bonchev–Trinajstić information content (AvgIpc) is 3.22. The van der Waals surface area contributed by atoms with Crippen LogP contribution in [0.4, 0.5) is 4.79 Å². The molecule has 8 heteroatoms. The highest BCUT2D eigenvalue weighted by Crippen LogP contribution is 2.26. The van der Waals surface area contributed by atoms with E-state index < -0.39 is 24.5 Å². The van der Waals surface area contributed by atoms with Gasteiger partial charge in [-0.25, -0.2) is 14.6 Å². The van der Waals surface area contributed by atoms with Gasteiger partial charge in [0.15, 0.2) is 6.61 Å². The second kappa shape index (κ2) is 8.20. The van der Waals surface area contributed by atoms with Crippen molar-refractivity contribution >= 4 is 28.8 Å². The first kappa shape index (κ1) is 19.4. The van der Waals surface area contributed by atoms with E-state index in [2.05, 4.69) is 10.3 Å². The summed E-state index contributed by atoms with van der Waals surface area (Å²) >= 11 is 0. The van der Waals surface area contributed by atoms with Crippen molar-refractivity contribution in [3.8, 4) is 17.0 Å². The number of nitrogens with one attached hydrogen (secondary N) is 1. The number of carbonyl (C=O) groups is 3.